The van der Waals surface area contributed by atoms with Gasteiger partial charge >= 0.3 is 0 Å². The minimum atomic E-state index is -0.438. The van der Waals surface area contributed by atoms with E-state index in [9.17, 15) is 4.79 Å². The number of aryl methyl sites for hydroxylation is 1. The van der Waals surface area contributed by atoms with Crippen molar-refractivity contribution in [3.05, 3.63) is 93.8 Å². The molecule has 136 valence electrons. The summed E-state index contributed by atoms with van der Waals surface area (Å²) in [4.78, 5) is 11.8. The van der Waals surface area contributed by atoms with Crippen LogP contribution in [-0.2, 0) is 6.54 Å². The van der Waals surface area contributed by atoms with Crippen molar-refractivity contribution in [1.29, 1.82) is 0 Å². The van der Waals surface area contributed by atoms with Gasteiger partial charge in [0.15, 0.2) is 12.7 Å². The maximum absolute atomic E-state index is 11.8. The number of hydrogen-bond donors (Lipinski definition) is 2. The fourth-order valence-corrected chi connectivity index (χ4v) is 3.14. The van der Waals surface area contributed by atoms with Crippen molar-refractivity contribution in [2.45, 2.75) is 13.5 Å². The molecule has 1 amide bonds. The number of benzene rings is 2. The quantitative estimate of drug-likeness (QED) is 0.523. The van der Waals surface area contributed by atoms with E-state index in [2.05, 4.69) is 0 Å². The average Bonchev–Trinajstić information content (AvgIpc) is 2.63. The summed E-state index contributed by atoms with van der Waals surface area (Å²) in [5.41, 5.74) is 16.2. The molecule has 0 saturated carbocycles. The zero-order chi connectivity index (χ0) is 19.4. The van der Waals surface area contributed by atoms with Gasteiger partial charge in [-0.25, -0.2) is 0 Å². The Morgan fingerprint density at radius 1 is 1.11 bits per heavy atom. The molecule has 0 atom stereocenters. The summed E-state index contributed by atoms with van der Waals surface area (Å²) in [5, 5.41) is 0.589. The normalized spacial score (nSPS) is 11.0. The van der Waals surface area contributed by atoms with Crippen LogP contribution >= 0.6 is 11.6 Å². The highest BCUT2D eigenvalue weighted by atomic mass is 35.5. The first-order valence-electron chi connectivity index (χ1n) is 8.55. The Balaban J connectivity index is 2.03. The maximum atomic E-state index is 11.8. The molecule has 0 fully saturated rings. The minimum absolute atomic E-state index is 0.438. The van der Waals surface area contributed by atoms with Crippen molar-refractivity contribution >= 4 is 35.3 Å². The molecule has 1 heterocycles. The lowest BCUT2D eigenvalue weighted by molar-refractivity contribution is -0.690. The molecular weight excluding hydrogens is 358 g/mol. The molecule has 3 rings (SSSR count). The van der Waals surface area contributed by atoms with E-state index in [1.807, 2.05) is 72.2 Å². The van der Waals surface area contributed by atoms with Crippen LogP contribution in [-0.4, -0.2) is 5.91 Å². The van der Waals surface area contributed by atoms with Gasteiger partial charge in [-0.1, -0.05) is 48.0 Å². The monoisotopic (exact) mass is 378 g/mol. The first-order valence-corrected chi connectivity index (χ1v) is 8.93. The number of amides is 1. The Bertz CT molecular complexity index is 1010. The van der Waals surface area contributed by atoms with Crippen LogP contribution in [0.3, 0.4) is 0 Å². The Kier molecular flexibility index (Phi) is 5.57. The van der Waals surface area contributed by atoms with Crippen LogP contribution in [0.15, 0.2) is 60.8 Å². The number of nitrogens with two attached hydrogens (primary N) is 2. The second-order valence-electron chi connectivity index (χ2n) is 6.39. The minimum Gasteiger partial charge on any atom is -0.399 e. The molecule has 4 N–H and O–H groups in total. The number of primary amides is 1. The van der Waals surface area contributed by atoms with Crippen LogP contribution in [0, 0.1) is 6.92 Å². The van der Waals surface area contributed by atoms with Crippen LogP contribution in [0.25, 0.3) is 12.2 Å². The van der Waals surface area contributed by atoms with E-state index < -0.39 is 5.91 Å². The van der Waals surface area contributed by atoms with Gasteiger partial charge in [0, 0.05) is 28.4 Å². The zero-order valence-electron chi connectivity index (χ0n) is 15.0. The van der Waals surface area contributed by atoms with Crippen LogP contribution in [0.5, 0.6) is 0 Å². The van der Waals surface area contributed by atoms with Crippen LogP contribution in [0.4, 0.5) is 5.69 Å². The van der Waals surface area contributed by atoms with Gasteiger partial charge in [0.25, 0.3) is 5.91 Å². The summed E-state index contributed by atoms with van der Waals surface area (Å²) in [5.74, 6) is -0.438. The van der Waals surface area contributed by atoms with Crippen LogP contribution in [0.2, 0.25) is 5.02 Å². The van der Waals surface area contributed by atoms with Crippen LogP contribution < -0.4 is 16.0 Å². The molecule has 0 saturated heterocycles. The SMILES string of the molecule is Cc1cc(/C=C/c2ccc(N)cc2Cl)[n+](Cc2ccccc2)cc1C(N)=O. The number of rotatable bonds is 5. The lowest BCUT2D eigenvalue weighted by Gasteiger charge is -2.06. The molecule has 0 aliphatic rings. The molecule has 5 heteroatoms. The van der Waals surface area contributed by atoms with E-state index in [1.165, 1.54) is 0 Å². The molecule has 2 aromatic carbocycles. The first-order chi connectivity index (χ1) is 12.9. The molecule has 0 spiro atoms. The molecule has 0 aliphatic carbocycles. The maximum Gasteiger partial charge on any atom is 0.255 e. The molecule has 0 unspecified atom stereocenters. The summed E-state index contributed by atoms with van der Waals surface area (Å²) in [6.07, 6.45) is 5.70. The van der Waals surface area contributed by atoms with Crippen molar-refractivity contribution in [1.82, 2.24) is 0 Å². The number of nitrogens with zero attached hydrogens (tertiary/aromatic N) is 1. The molecule has 0 bridgehead atoms. The molecular formula is C22H21ClN3O+. The molecule has 0 aliphatic heterocycles. The van der Waals surface area contributed by atoms with Gasteiger partial charge in [-0.3, -0.25) is 4.79 Å². The van der Waals surface area contributed by atoms with Crippen molar-refractivity contribution < 1.29 is 9.36 Å². The van der Waals surface area contributed by atoms with E-state index in [4.69, 9.17) is 23.1 Å². The Hall–Kier alpha value is -3.11. The number of carbonyl (C=O) groups excluding carboxylic acids is 1. The molecule has 3 aromatic rings. The van der Waals surface area contributed by atoms with E-state index >= 15 is 0 Å². The second-order valence-corrected chi connectivity index (χ2v) is 6.79. The molecule has 4 nitrogen and oxygen atoms in total. The predicted molar refractivity (Wildman–Crippen MR) is 110 cm³/mol. The highest BCUT2D eigenvalue weighted by Crippen LogP contribution is 2.21. The van der Waals surface area contributed by atoms with Gasteiger partial charge in [0.05, 0.1) is 0 Å². The number of pyridine rings is 1. The lowest BCUT2D eigenvalue weighted by Crippen LogP contribution is -2.39. The predicted octanol–water partition coefficient (Wildman–Crippen LogP) is 3.84. The smallest absolute Gasteiger partial charge is 0.255 e. The van der Waals surface area contributed by atoms with Gasteiger partial charge < -0.3 is 11.5 Å². The fourth-order valence-electron chi connectivity index (χ4n) is 2.89. The number of anilines is 1. The van der Waals surface area contributed by atoms with Gasteiger partial charge in [-0.2, -0.15) is 4.57 Å². The third-order valence-corrected chi connectivity index (χ3v) is 4.65. The second kappa shape index (κ2) is 8.06. The summed E-state index contributed by atoms with van der Waals surface area (Å²) in [7, 11) is 0. The molecule has 0 radical (unpaired) electrons. The van der Waals surface area contributed by atoms with E-state index in [-0.39, 0.29) is 0 Å². The summed E-state index contributed by atoms with van der Waals surface area (Å²) < 4.78 is 2.00. The zero-order valence-corrected chi connectivity index (χ0v) is 15.8. The van der Waals surface area contributed by atoms with E-state index in [1.54, 1.807) is 12.3 Å². The number of aromatic nitrogens is 1. The topological polar surface area (TPSA) is 73.0 Å². The van der Waals surface area contributed by atoms with Gasteiger partial charge in [0.1, 0.15) is 5.56 Å². The fraction of sp³-hybridized carbons (Fsp3) is 0.0909. The Morgan fingerprint density at radius 2 is 1.85 bits per heavy atom. The third-order valence-electron chi connectivity index (χ3n) is 4.33. The third kappa shape index (κ3) is 4.54. The number of hydrogen-bond acceptors (Lipinski definition) is 2. The van der Waals surface area contributed by atoms with Gasteiger partial charge in [-0.15, -0.1) is 0 Å². The largest absolute Gasteiger partial charge is 0.399 e. The summed E-state index contributed by atoms with van der Waals surface area (Å²) in [6, 6.07) is 17.4. The van der Waals surface area contributed by atoms with Crippen molar-refractivity contribution in [2.24, 2.45) is 5.73 Å². The number of nitrogen functional groups attached to an aromatic ring is 1. The van der Waals surface area contributed by atoms with Gasteiger partial charge in [0.2, 0.25) is 5.69 Å². The molecule has 27 heavy (non-hydrogen) atoms. The van der Waals surface area contributed by atoms with E-state index in [0.717, 1.165) is 22.4 Å². The Morgan fingerprint density at radius 3 is 2.52 bits per heavy atom. The highest BCUT2D eigenvalue weighted by molar-refractivity contribution is 6.32. The Labute approximate surface area is 163 Å². The number of halogens is 1. The highest BCUT2D eigenvalue weighted by Gasteiger charge is 2.17. The first kappa shape index (κ1) is 18.7. The lowest BCUT2D eigenvalue weighted by atomic mass is 10.1. The van der Waals surface area contributed by atoms with Crippen molar-refractivity contribution in [2.75, 3.05) is 5.73 Å². The molecule has 1 aromatic heterocycles. The van der Waals surface area contributed by atoms with Crippen molar-refractivity contribution in [3.8, 4) is 0 Å². The average molecular weight is 379 g/mol. The van der Waals surface area contributed by atoms with Crippen molar-refractivity contribution in [3.63, 3.8) is 0 Å². The van der Waals surface area contributed by atoms with E-state index in [0.29, 0.717) is 22.8 Å². The number of carbonyl (C=O) groups is 1. The summed E-state index contributed by atoms with van der Waals surface area (Å²) in [6.45, 7) is 2.50. The van der Waals surface area contributed by atoms with Gasteiger partial charge in [-0.05, 0) is 36.3 Å². The summed E-state index contributed by atoms with van der Waals surface area (Å²) >= 11 is 6.26. The standard InChI is InChI=1S/C22H20ClN3O/c1-15-11-19(10-8-17-7-9-18(24)12-21(17)23)26(14-20(15)22(25)27)13-16-5-3-2-4-6-16/h2-12,14,24H,13H2,1H3,(H2,25,27)/p+1. The van der Waals surface area contributed by atoms with Crippen LogP contribution in [0.1, 0.15) is 32.7 Å².